The number of nitrogens with zero attached hydrogens (tertiary/aromatic N) is 2. The van der Waals surface area contributed by atoms with Crippen molar-refractivity contribution in [2.75, 3.05) is 12.4 Å². The van der Waals surface area contributed by atoms with Gasteiger partial charge in [-0.1, -0.05) is 45.7 Å². The number of nitriles is 1. The van der Waals surface area contributed by atoms with Crippen molar-refractivity contribution >= 4 is 50.9 Å². The van der Waals surface area contributed by atoms with Gasteiger partial charge in [0.25, 0.3) is 11.6 Å². The first-order valence-corrected chi connectivity index (χ1v) is 10.9. The van der Waals surface area contributed by atoms with E-state index in [1.807, 2.05) is 30.3 Å². The lowest BCUT2D eigenvalue weighted by atomic mass is 10.1. The van der Waals surface area contributed by atoms with E-state index in [4.69, 9.17) is 21.1 Å². The van der Waals surface area contributed by atoms with Crippen molar-refractivity contribution < 1.29 is 19.2 Å². The number of nitro groups is 1. The van der Waals surface area contributed by atoms with Gasteiger partial charge < -0.3 is 14.8 Å². The second-order valence-electron chi connectivity index (χ2n) is 6.87. The standard InChI is InChI=1S/C24H17BrClN3O5/c1-33-22-9-4-16(11-23(22)34-14-15-2-5-18(25)6-3-15)10-17(13-27)24(30)28-19-7-8-20(26)21(12-19)29(31)32/h2-12H,14H2,1H3,(H,28,30)/b17-10+. The third-order valence-electron chi connectivity index (χ3n) is 4.57. The molecule has 1 N–H and O–H groups in total. The fourth-order valence-corrected chi connectivity index (χ4v) is 3.33. The number of rotatable bonds is 8. The van der Waals surface area contributed by atoms with Crippen molar-refractivity contribution in [3.05, 3.63) is 97.0 Å². The summed E-state index contributed by atoms with van der Waals surface area (Å²) in [5, 5.41) is 23.0. The molecule has 3 aromatic rings. The quantitative estimate of drug-likeness (QED) is 0.158. The zero-order chi connectivity index (χ0) is 24.7. The number of benzene rings is 3. The van der Waals surface area contributed by atoms with Crippen molar-refractivity contribution in [1.82, 2.24) is 0 Å². The first-order chi connectivity index (χ1) is 16.3. The van der Waals surface area contributed by atoms with Gasteiger partial charge in [0.05, 0.1) is 12.0 Å². The molecule has 0 aromatic heterocycles. The lowest BCUT2D eigenvalue weighted by Gasteiger charge is -2.12. The van der Waals surface area contributed by atoms with Crippen molar-refractivity contribution in [2.24, 2.45) is 0 Å². The molecule has 0 saturated heterocycles. The van der Waals surface area contributed by atoms with E-state index in [9.17, 15) is 20.2 Å². The third kappa shape index (κ3) is 6.34. The van der Waals surface area contributed by atoms with Crippen LogP contribution in [-0.4, -0.2) is 17.9 Å². The smallest absolute Gasteiger partial charge is 0.289 e. The Hall–Kier alpha value is -3.87. The Kier molecular flexibility index (Phi) is 8.24. The van der Waals surface area contributed by atoms with Crippen LogP contribution in [0.15, 0.2) is 70.7 Å². The number of halogens is 2. The summed E-state index contributed by atoms with van der Waals surface area (Å²) < 4.78 is 12.2. The number of anilines is 1. The number of carbonyl (C=O) groups excluding carboxylic acids is 1. The molecular weight excluding hydrogens is 526 g/mol. The molecule has 0 aliphatic heterocycles. The van der Waals surface area contributed by atoms with E-state index < -0.39 is 10.8 Å². The van der Waals surface area contributed by atoms with Gasteiger partial charge in [0.2, 0.25) is 0 Å². The summed E-state index contributed by atoms with van der Waals surface area (Å²) in [6, 6.07) is 18.3. The summed E-state index contributed by atoms with van der Waals surface area (Å²) in [5.74, 6) is 0.197. The number of nitro benzene ring substituents is 1. The number of ether oxygens (including phenoxy) is 2. The van der Waals surface area contributed by atoms with Crippen LogP contribution in [0.4, 0.5) is 11.4 Å². The predicted molar refractivity (Wildman–Crippen MR) is 132 cm³/mol. The molecule has 0 saturated carbocycles. The van der Waals surface area contributed by atoms with Gasteiger partial charge >= 0.3 is 0 Å². The molecule has 172 valence electrons. The highest BCUT2D eigenvalue weighted by atomic mass is 79.9. The maximum absolute atomic E-state index is 12.6. The molecule has 1 amide bonds. The molecule has 3 aromatic carbocycles. The van der Waals surface area contributed by atoms with Gasteiger partial charge in [0.1, 0.15) is 23.3 Å². The van der Waals surface area contributed by atoms with Gasteiger partial charge in [-0.2, -0.15) is 5.26 Å². The van der Waals surface area contributed by atoms with Crippen LogP contribution in [0, 0.1) is 21.4 Å². The second kappa shape index (κ2) is 11.3. The number of hydrogen-bond donors (Lipinski definition) is 1. The van der Waals surface area contributed by atoms with E-state index in [1.165, 1.54) is 25.3 Å². The van der Waals surface area contributed by atoms with Crippen LogP contribution in [0.5, 0.6) is 11.5 Å². The molecule has 3 rings (SSSR count). The summed E-state index contributed by atoms with van der Waals surface area (Å²) in [7, 11) is 1.51. The molecule has 0 fully saturated rings. The first kappa shape index (κ1) is 24.8. The molecule has 0 bridgehead atoms. The molecule has 8 nitrogen and oxygen atoms in total. The monoisotopic (exact) mass is 541 g/mol. The lowest BCUT2D eigenvalue weighted by molar-refractivity contribution is -0.384. The minimum atomic E-state index is -0.729. The average Bonchev–Trinajstić information content (AvgIpc) is 2.83. The normalized spacial score (nSPS) is 10.8. The van der Waals surface area contributed by atoms with Gasteiger partial charge in [-0.3, -0.25) is 14.9 Å². The number of hydrogen-bond acceptors (Lipinski definition) is 6. The summed E-state index contributed by atoms with van der Waals surface area (Å²) in [6.45, 7) is 0.289. The summed E-state index contributed by atoms with van der Waals surface area (Å²) in [5.41, 5.74) is 1.04. The van der Waals surface area contributed by atoms with Gasteiger partial charge in [-0.25, -0.2) is 0 Å². The van der Waals surface area contributed by atoms with Crippen LogP contribution in [0.25, 0.3) is 6.08 Å². The van der Waals surface area contributed by atoms with E-state index in [-0.39, 0.29) is 28.6 Å². The van der Waals surface area contributed by atoms with Crippen molar-refractivity contribution in [3.63, 3.8) is 0 Å². The van der Waals surface area contributed by atoms with Crippen LogP contribution < -0.4 is 14.8 Å². The Morgan fingerprint density at radius 3 is 2.56 bits per heavy atom. The zero-order valence-corrected chi connectivity index (χ0v) is 20.1. The highest BCUT2D eigenvalue weighted by Crippen LogP contribution is 2.30. The maximum atomic E-state index is 12.6. The lowest BCUT2D eigenvalue weighted by Crippen LogP contribution is -2.13. The molecular formula is C24H17BrClN3O5. The highest BCUT2D eigenvalue weighted by Gasteiger charge is 2.16. The highest BCUT2D eigenvalue weighted by molar-refractivity contribution is 9.10. The Bertz CT molecular complexity index is 1300. The van der Waals surface area contributed by atoms with Crippen LogP contribution in [0.2, 0.25) is 5.02 Å². The maximum Gasteiger partial charge on any atom is 0.289 e. The number of methoxy groups -OCH3 is 1. The van der Waals surface area contributed by atoms with Crippen molar-refractivity contribution in [2.45, 2.75) is 6.61 Å². The molecule has 0 radical (unpaired) electrons. The Labute approximate surface area is 208 Å². The van der Waals surface area contributed by atoms with E-state index in [2.05, 4.69) is 21.2 Å². The first-order valence-electron chi connectivity index (χ1n) is 9.73. The predicted octanol–water partition coefficient (Wildman–Crippen LogP) is 6.14. The van der Waals surface area contributed by atoms with E-state index in [0.717, 1.165) is 16.1 Å². The van der Waals surface area contributed by atoms with Crippen LogP contribution >= 0.6 is 27.5 Å². The Morgan fingerprint density at radius 2 is 1.91 bits per heavy atom. The number of nitrogens with one attached hydrogen (secondary N) is 1. The second-order valence-corrected chi connectivity index (χ2v) is 8.20. The molecule has 10 heteroatoms. The average molecular weight is 543 g/mol. The summed E-state index contributed by atoms with van der Waals surface area (Å²) in [4.78, 5) is 23.0. The Balaban J connectivity index is 1.80. The SMILES string of the molecule is COc1ccc(/C=C(\C#N)C(=O)Nc2ccc(Cl)c([N+](=O)[O-])c2)cc1OCc1ccc(Br)cc1. The minimum Gasteiger partial charge on any atom is -0.493 e. The van der Waals surface area contributed by atoms with Crippen LogP contribution in [0.3, 0.4) is 0 Å². The van der Waals surface area contributed by atoms with Crippen LogP contribution in [0.1, 0.15) is 11.1 Å². The summed E-state index contributed by atoms with van der Waals surface area (Å²) >= 11 is 9.18. The van der Waals surface area contributed by atoms with Crippen LogP contribution in [-0.2, 0) is 11.4 Å². The molecule has 0 atom stereocenters. The molecule has 0 unspecified atom stereocenters. The molecule has 34 heavy (non-hydrogen) atoms. The van der Waals surface area contributed by atoms with Crippen molar-refractivity contribution in [1.29, 1.82) is 5.26 Å². The number of amides is 1. The fraction of sp³-hybridized carbons (Fsp3) is 0.0833. The Morgan fingerprint density at radius 1 is 1.18 bits per heavy atom. The van der Waals surface area contributed by atoms with Crippen molar-refractivity contribution in [3.8, 4) is 17.6 Å². The molecule has 0 spiro atoms. The largest absolute Gasteiger partial charge is 0.493 e. The van der Waals surface area contributed by atoms with Gasteiger partial charge in [-0.15, -0.1) is 0 Å². The summed E-state index contributed by atoms with van der Waals surface area (Å²) in [6.07, 6.45) is 1.38. The topological polar surface area (TPSA) is 114 Å². The van der Waals surface area contributed by atoms with E-state index >= 15 is 0 Å². The third-order valence-corrected chi connectivity index (χ3v) is 5.42. The molecule has 0 heterocycles. The van der Waals surface area contributed by atoms with E-state index in [0.29, 0.717) is 17.1 Å². The minimum absolute atomic E-state index is 0.0621. The number of carbonyl (C=O) groups is 1. The van der Waals surface area contributed by atoms with Gasteiger partial charge in [0, 0.05) is 16.2 Å². The van der Waals surface area contributed by atoms with Gasteiger partial charge in [0.15, 0.2) is 11.5 Å². The molecule has 0 aliphatic rings. The van der Waals surface area contributed by atoms with E-state index in [1.54, 1.807) is 18.2 Å². The fourth-order valence-electron chi connectivity index (χ4n) is 2.88. The zero-order valence-electron chi connectivity index (χ0n) is 17.7. The molecule has 0 aliphatic carbocycles. The van der Waals surface area contributed by atoms with Gasteiger partial charge in [-0.05, 0) is 53.6 Å².